The van der Waals surface area contributed by atoms with E-state index in [9.17, 15) is 19.5 Å². The zero-order chi connectivity index (χ0) is 25.7. The quantitative estimate of drug-likeness (QED) is 0.530. The van der Waals surface area contributed by atoms with E-state index in [0.29, 0.717) is 18.5 Å². The molecule has 8 heteroatoms. The highest BCUT2D eigenvalue weighted by molar-refractivity contribution is 8.02. The fraction of sp³-hybridized carbons (Fsp3) is 0.464. The van der Waals surface area contributed by atoms with Gasteiger partial charge in [0.1, 0.15) is 6.04 Å². The molecule has 3 fully saturated rings. The minimum atomic E-state index is -0.706. The molecule has 1 spiro atoms. The number of carbonyl (C=O) groups excluding carboxylic acids is 3. The van der Waals surface area contributed by atoms with Crippen molar-refractivity contribution < 1.29 is 19.5 Å². The molecule has 2 unspecified atom stereocenters. The van der Waals surface area contributed by atoms with E-state index in [0.717, 1.165) is 23.2 Å². The van der Waals surface area contributed by atoms with E-state index in [2.05, 4.69) is 17.6 Å². The van der Waals surface area contributed by atoms with Crippen molar-refractivity contribution in [3.05, 3.63) is 59.7 Å². The highest BCUT2D eigenvalue weighted by atomic mass is 32.2. The number of hydrogen-bond donors (Lipinski definition) is 3. The Morgan fingerprint density at radius 1 is 1.08 bits per heavy atom. The van der Waals surface area contributed by atoms with Gasteiger partial charge in [-0.05, 0) is 69.4 Å². The van der Waals surface area contributed by atoms with Crippen LogP contribution in [0.1, 0.15) is 37.3 Å². The van der Waals surface area contributed by atoms with Crippen LogP contribution in [-0.4, -0.2) is 56.4 Å². The number of likely N-dealkylation sites (tertiary alicyclic amines) is 1. The maximum Gasteiger partial charge on any atom is 0.248 e. The largest absolute Gasteiger partial charge is 0.396 e. The van der Waals surface area contributed by atoms with E-state index in [4.69, 9.17) is 0 Å². The van der Waals surface area contributed by atoms with Crippen molar-refractivity contribution in [2.45, 2.75) is 55.6 Å². The summed E-state index contributed by atoms with van der Waals surface area (Å²) in [6.45, 7) is 6.19. The van der Waals surface area contributed by atoms with Gasteiger partial charge in [0.2, 0.25) is 17.7 Å². The van der Waals surface area contributed by atoms with Gasteiger partial charge in [-0.1, -0.05) is 30.3 Å². The van der Waals surface area contributed by atoms with Crippen LogP contribution in [0.2, 0.25) is 0 Å². The second-order valence-electron chi connectivity index (χ2n) is 10.5. The van der Waals surface area contributed by atoms with E-state index in [-0.39, 0.29) is 30.9 Å². The first-order valence-electron chi connectivity index (χ1n) is 12.6. The molecule has 2 aromatic rings. The Balaban J connectivity index is 1.50. The molecule has 3 N–H and O–H groups in total. The Bertz CT molecular complexity index is 1200. The molecule has 5 atom stereocenters. The molecule has 0 aliphatic carbocycles. The molecule has 2 aromatic carbocycles. The standard InChI is InChI=1S/C28H33N3O4S/c1-17-10-11-18(2)20(16-17)30-25(34)23-28-13-12-27(3,36-28)21(22(28)26(35)31(23)14-7-15-32)24(33)29-19-8-5-4-6-9-19/h4-6,8-11,16,21-23,32H,7,12-15H2,1-3H3,(H,29,33)(H,30,34)/t21-,22+,23?,27+,28?/m1/s1. The number of aliphatic hydroxyl groups excluding tert-OH is 1. The van der Waals surface area contributed by atoms with Crippen molar-refractivity contribution >= 4 is 40.9 Å². The average Bonchev–Trinajstić information content (AvgIpc) is 3.41. The zero-order valence-corrected chi connectivity index (χ0v) is 21.7. The number of amides is 3. The molecule has 3 aliphatic heterocycles. The third-order valence-corrected chi connectivity index (χ3v) is 10.0. The van der Waals surface area contributed by atoms with Gasteiger partial charge in [-0.25, -0.2) is 0 Å². The van der Waals surface area contributed by atoms with Gasteiger partial charge in [-0.2, -0.15) is 0 Å². The molecule has 3 saturated heterocycles. The lowest BCUT2D eigenvalue weighted by atomic mass is 9.66. The van der Waals surface area contributed by atoms with Crippen molar-refractivity contribution in [3.8, 4) is 0 Å². The summed E-state index contributed by atoms with van der Waals surface area (Å²) in [5, 5.41) is 15.6. The predicted molar refractivity (Wildman–Crippen MR) is 142 cm³/mol. The third-order valence-electron chi connectivity index (χ3n) is 8.06. The smallest absolute Gasteiger partial charge is 0.248 e. The molecule has 7 nitrogen and oxygen atoms in total. The molecule has 0 radical (unpaired) electrons. The highest BCUT2D eigenvalue weighted by Crippen LogP contribution is 2.71. The number of anilines is 2. The third kappa shape index (κ3) is 3.91. The Labute approximate surface area is 216 Å². The monoisotopic (exact) mass is 507 g/mol. The van der Waals surface area contributed by atoms with E-state index in [1.807, 2.05) is 62.4 Å². The number of nitrogens with zero attached hydrogens (tertiary/aromatic N) is 1. The number of carbonyl (C=O) groups is 3. The molecular weight excluding hydrogens is 474 g/mol. The van der Waals surface area contributed by atoms with Crippen LogP contribution in [0.4, 0.5) is 11.4 Å². The summed E-state index contributed by atoms with van der Waals surface area (Å²) in [6, 6.07) is 14.5. The van der Waals surface area contributed by atoms with Crippen molar-refractivity contribution in [2.75, 3.05) is 23.8 Å². The lowest BCUT2D eigenvalue weighted by Gasteiger charge is -2.35. The van der Waals surface area contributed by atoms with E-state index in [1.54, 1.807) is 16.7 Å². The van der Waals surface area contributed by atoms with Crippen LogP contribution < -0.4 is 10.6 Å². The topological polar surface area (TPSA) is 98.7 Å². The molecule has 190 valence electrons. The Morgan fingerprint density at radius 2 is 1.83 bits per heavy atom. The maximum absolute atomic E-state index is 13.9. The molecule has 5 rings (SSSR count). The summed E-state index contributed by atoms with van der Waals surface area (Å²) in [7, 11) is 0. The van der Waals surface area contributed by atoms with Gasteiger partial charge in [0.05, 0.1) is 16.6 Å². The van der Waals surface area contributed by atoms with Crippen molar-refractivity contribution in [2.24, 2.45) is 11.8 Å². The van der Waals surface area contributed by atoms with Crippen LogP contribution in [0.15, 0.2) is 48.5 Å². The molecule has 0 aromatic heterocycles. The van der Waals surface area contributed by atoms with Gasteiger partial charge in [0.25, 0.3) is 0 Å². The fourth-order valence-corrected chi connectivity index (χ4v) is 8.78. The van der Waals surface area contributed by atoms with Crippen LogP contribution >= 0.6 is 11.8 Å². The molecule has 3 amide bonds. The van der Waals surface area contributed by atoms with Gasteiger partial charge >= 0.3 is 0 Å². The predicted octanol–water partition coefficient (Wildman–Crippen LogP) is 3.74. The van der Waals surface area contributed by atoms with Crippen LogP contribution in [0.5, 0.6) is 0 Å². The minimum Gasteiger partial charge on any atom is -0.396 e. The lowest BCUT2D eigenvalue weighted by molar-refractivity contribution is -0.139. The van der Waals surface area contributed by atoms with E-state index in [1.165, 1.54) is 0 Å². The van der Waals surface area contributed by atoms with Gasteiger partial charge in [0.15, 0.2) is 0 Å². The van der Waals surface area contributed by atoms with E-state index < -0.39 is 27.4 Å². The van der Waals surface area contributed by atoms with Gasteiger partial charge in [-0.15, -0.1) is 11.8 Å². The van der Waals surface area contributed by atoms with Crippen molar-refractivity contribution in [1.29, 1.82) is 0 Å². The maximum atomic E-state index is 13.9. The number of hydrogen-bond acceptors (Lipinski definition) is 5. The highest BCUT2D eigenvalue weighted by Gasteiger charge is 2.77. The number of rotatable bonds is 7. The zero-order valence-electron chi connectivity index (χ0n) is 20.9. The minimum absolute atomic E-state index is 0.0739. The molecule has 3 heterocycles. The summed E-state index contributed by atoms with van der Waals surface area (Å²) < 4.78 is -1.11. The summed E-state index contributed by atoms with van der Waals surface area (Å²) >= 11 is 1.65. The lowest BCUT2D eigenvalue weighted by Crippen LogP contribution is -2.52. The van der Waals surface area contributed by atoms with Crippen molar-refractivity contribution in [1.82, 2.24) is 4.90 Å². The number of nitrogens with one attached hydrogen (secondary N) is 2. The molecule has 3 aliphatic rings. The first-order valence-corrected chi connectivity index (χ1v) is 13.4. The normalized spacial score (nSPS) is 30.4. The van der Waals surface area contributed by atoms with Gasteiger partial charge < -0.3 is 20.6 Å². The SMILES string of the molecule is Cc1ccc(C)c(NC(=O)C2N(CCCO)C(=O)[C@@H]3[C@H](C(=O)Nc4ccccc4)[C@]4(C)CCC23S4)c1. The number of aliphatic hydroxyl groups is 1. The number of benzene rings is 2. The first kappa shape index (κ1) is 24.8. The number of aryl methyl sites for hydroxylation is 2. The summed E-state index contributed by atoms with van der Waals surface area (Å²) in [5.74, 6) is -1.68. The molecule has 36 heavy (non-hydrogen) atoms. The molecule has 2 bridgehead atoms. The van der Waals surface area contributed by atoms with Crippen molar-refractivity contribution in [3.63, 3.8) is 0 Å². The van der Waals surface area contributed by atoms with Gasteiger partial charge in [-0.3, -0.25) is 14.4 Å². The molecule has 0 saturated carbocycles. The molecular formula is C28H33N3O4S. The summed E-state index contributed by atoms with van der Waals surface area (Å²) in [5.41, 5.74) is 3.41. The Kier molecular flexibility index (Phi) is 6.37. The Hall–Kier alpha value is -2.84. The average molecular weight is 508 g/mol. The van der Waals surface area contributed by atoms with Crippen LogP contribution in [0.25, 0.3) is 0 Å². The van der Waals surface area contributed by atoms with Crippen LogP contribution in [0.3, 0.4) is 0 Å². The number of para-hydroxylation sites is 1. The summed E-state index contributed by atoms with van der Waals surface area (Å²) in [4.78, 5) is 43.1. The van der Waals surface area contributed by atoms with Crippen LogP contribution in [0, 0.1) is 25.7 Å². The Morgan fingerprint density at radius 3 is 2.56 bits per heavy atom. The van der Waals surface area contributed by atoms with E-state index >= 15 is 0 Å². The fourth-order valence-electron chi connectivity index (χ4n) is 6.42. The number of fused-ring (bicyclic) bond motifs is 1. The second-order valence-corrected chi connectivity index (χ2v) is 12.4. The first-order chi connectivity index (χ1) is 17.2. The second kappa shape index (κ2) is 9.23. The number of thioether (sulfide) groups is 1. The van der Waals surface area contributed by atoms with Gasteiger partial charge in [0, 0.05) is 29.3 Å². The summed E-state index contributed by atoms with van der Waals surface area (Å²) in [6.07, 6.45) is 1.83. The van der Waals surface area contributed by atoms with Crippen LogP contribution in [-0.2, 0) is 14.4 Å².